The number of fused-ring (bicyclic) bond motifs is 2. The third-order valence-corrected chi connectivity index (χ3v) is 4.32. The molecule has 24 heavy (non-hydrogen) atoms. The highest BCUT2D eigenvalue weighted by atomic mass is 16.5. The zero-order valence-electron chi connectivity index (χ0n) is 13.7. The third-order valence-electron chi connectivity index (χ3n) is 4.32. The van der Waals surface area contributed by atoms with Gasteiger partial charge in [0, 0.05) is 7.05 Å². The number of hydrogen-bond donors (Lipinski definition) is 1. The molecule has 0 atom stereocenters. The van der Waals surface area contributed by atoms with Crippen molar-refractivity contribution in [2.75, 3.05) is 12.8 Å². The molecular formula is C17H18N6O. The Morgan fingerprint density at radius 3 is 2.96 bits per heavy atom. The molecule has 2 N–H and O–H groups in total. The highest BCUT2D eigenvalue weighted by Gasteiger charge is 2.21. The van der Waals surface area contributed by atoms with Gasteiger partial charge in [-0.1, -0.05) is 17.4 Å². The van der Waals surface area contributed by atoms with Crippen molar-refractivity contribution in [3.63, 3.8) is 0 Å². The minimum absolute atomic E-state index is 0.248. The summed E-state index contributed by atoms with van der Waals surface area (Å²) < 4.78 is 7.27. The number of nitrogen functional groups attached to an aromatic ring is 1. The summed E-state index contributed by atoms with van der Waals surface area (Å²) in [6.07, 6.45) is 5.06. The van der Waals surface area contributed by atoms with Crippen LogP contribution in [-0.4, -0.2) is 32.1 Å². The van der Waals surface area contributed by atoms with E-state index in [1.165, 1.54) is 0 Å². The van der Waals surface area contributed by atoms with E-state index in [9.17, 15) is 0 Å². The summed E-state index contributed by atoms with van der Waals surface area (Å²) in [5.74, 6) is 0.770. The Morgan fingerprint density at radius 1 is 1.25 bits per heavy atom. The molecule has 0 fully saturated rings. The van der Waals surface area contributed by atoms with Crippen LogP contribution in [0.5, 0.6) is 5.88 Å². The van der Waals surface area contributed by atoms with Crippen LogP contribution in [0.25, 0.3) is 16.6 Å². The van der Waals surface area contributed by atoms with E-state index in [4.69, 9.17) is 10.5 Å². The Kier molecular flexibility index (Phi) is 3.41. The number of aryl methyl sites for hydroxylation is 2. The molecular weight excluding hydrogens is 304 g/mol. The molecule has 7 heteroatoms. The van der Waals surface area contributed by atoms with Crippen LogP contribution in [0, 0.1) is 0 Å². The monoisotopic (exact) mass is 322 g/mol. The molecule has 0 unspecified atom stereocenters. The van der Waals surface area contributed by atoms with Gasteiger partial charge in [-0.2, -0.15) is 4.98 Å². The molecule has 0 aliphatic heterocycles. The van der Waals surface area contributed by atoms with Crippen molar-refractivity contribution in [1.82, 2.24) is 25.0 Å². The lowest BCUT2D eigenvalue weighted by atomic mass is 9.97. The molecule has 1 aliphatic rings. The average molecular weight is 322 g/mol. The van der Waals surface area contributed by atoms with Gasteiger partial charge in [0.2, 0.25) is 11.8 Å². The first-order chi connectivity index (χ1) is 11.7. The van der Waals surface area contributed by atoms with Crippen molar-refractivity contribution < 1.29 is 4.74 Å². The average Bonchev–Trinajstić information content (AvgIpc) is 2.82. The number of ether oxygens (including phenoxy) is 1. The molecule has 0 bridgehead atoms. The summed E-state index contributed by atoms with van der Waals surface area (Å²) in [7, 11) is 3.50. The molecule has 2 aromatic heterocycles. The maximum absolute atomic E-state index is 5.83. The second-order valence-electron chi connectivity index (χ2n) is 5.84. The van der Waals surface area contributed by atoms with E-state index in [0.29, 0.717) is 5.88 Å². The van der Waals surface area contributed by atoms with Crippen molar-refractivity contribution in [1.29, 1.82) is 0 Å². The fourth-order valence-corrected chi connectivity index (χ4v) is 3.18. The SMILES string of the molecule is COc1nc(N)nc2c1C(c1ccc3nnn(C)c3c1)=CCCC2. The van der Waals surface area contributed by atoms with Gasteiger partial charge in [-0.15, -0.1) is 5.10 Å². The van der Waals surface area contributed by atoms with Gasteiger partial charge in [-0.05, 0) is 42.5 Å². The lowest BCUT2D eigenvalue weighted by Crippen LogP contribution is -2.07. The molecule has 2 heterocycles. The Morgan fingerprint density at radius 2 is 2.12 bits per heavy atom. The second kappa shape index (κ2) is 5.59. The number of methoxy groups -OCH3 is 1. The van der Waals surface area contributed by atoms with Crippen LogP contribution in [-0.2, 0) is 13.5 Å². The second-order valence-corrected chi connectivity index (χ2v) is 5.84. The summed E-state index contributed by atoms with van der Waals surface area (Å²) in [4.78, 5) is 8.71. The van der Waals surface area contributed by atoms with Gasteiger partial charge in [0.25, 0.3) is 0 Å². The van der Waals surface area contributed by atoms with Crippen LogP contribution in [0.1, 0.15) is 29.7 Å². The fraction of sp³-hybridized carbons (Fsp3) is 0.294. The maximum Gasteiger partial charge on any atom is 0.226 e. The molecule has 0 amide bonds. The van der Waals surface area contributed by atoms with Crippen molar-refractivity contribution in [3.8, 4) is 5.88 Å². The number of hydrogen-bond acceptors (Lipinski definition) is 6. The van der Waals surface area contributed by atoms with E-state index in [-0.39, 0.29) is 5.95 Å². The van der Waals surface area contributed by atoms with Crippen molar-refractivity contribution in [2.45, 2.75) is 19.3 Å². The lowest BCUT2D eigenvalue weighted by Gasteiger charge is -2.14. The quantitative estimate of drug-likeness (QED) is 0.777. The van der Waals surface area contributed by atoms with Crippen LogP contribution in [0.3, 0.4) is 0 Å². The predicted molar refractivity (Wildman–Crippen MR) is 91.5 cm³/mol. The zero-order valence-corrected chi connectivity index (χ0v) is 13.7. The Bertz CT molecular complexity index is 959. The van der Waals surface area contributed by atoms with Crippen molar-refractivity contribution >= 4 is 22.6 Å². The molecule has 0 radical (unpaired) electrons. The number of aromatic nitrogens is 5. The Labute approximate surface area is 139 Å². The number of anilines is 1. The first kappa shape index (κ1) is 14.6. The largest absolute Gasteiger partial charge is 0.480 e. The third kappa shape index (κ3) is 2.29. The predicted octanol–water partition coefficient (Wildman–Crippen LogP) is 2.12. The van der Waals surface area contributed by atoms with Crippen LogP contribution in [0.15, 0.2) is 24.3 Å². The summed E-state index contributed by atoms with van der Waals surface area (Å²) in [5, 5.41) is 8.21. The van der Waals surface area contributed by atoms with Crippen LogP contribution in [0.4, 0.5) is 5.95 Å². The number of rotatable bonds is 2. The minimum atomic E-state index is 0.248. The molecule has 3 aromatic rings. The van der Waals surface area contributed by atoms with Gasteiger partial charge >= 0.3 is 0 Å². The van der Waals surface area contributed by atoms with E-state index in [2.05, 4.69) is 32.4 Å². The van der Waals surface area contributed by atoms with Gasteiger partial charge in [0.1, 0.15) is 5.52 Å². The van der Waals surface area contributed by atoms with Gasteiger partial charge in [0.05, 0.1) is 23.9 Å². The Hall–Kier alpha value is -2.96. The lowest BCUT2D eigenvalue weighted by molar-refractivity contribution is 0.395. The molecule has 0 saturated carbocycles. The highest BCUT2D eigenvalue weighted by molar-refractivity contribution is 5.88. The fourth-order valence-electron chi connectivity index (χ4n) is 3.18. The first-order valence-corrected chi connectivity index (χ1v) is 7.88. The van der Waals surface area contributed by atoms with Crippen molar-refractivity contribution in [2.24, 2.45) is 7.05 Å². The smallest absolute Gasteiger partial charge is 0.226 e. The van der Waals surface area contributed by atoms with E-state index >= 15 is 0 Å². The summed E-state index contributed by atoms with van der Waals surface area (Å²) in [5.41, 5.74) is 11.7. The molecule has 4 rings (SSSR count). The number of nitrogens with zero attached hydrogens (tertiary/aromatic N) is 5. The molecule has 1 aliphatic carbocycles. The van der Waals surface area contributed by atoms with Gasteiger partial charge in [-0.25, -0.2) is 9.67 Å². The van der Waals surface area contributed by atoms with E-state index in [0.717, 1.165) is 52.7 Å². The van der Waals surface area contributed by atoms with Crippen LogP contribution < -0.4 is 10.5 Å². The summed E-state index contributed by atoms with van der Waals surface area (Å²) in [6, 6.07) is 6.12. The summed E-state index contributed by atoms with van der Waals surface area (Å²) in [6.45, 7) is 0. The molecule has 7 nitrogen and oxygen atoms in total. The molecule has 0 spiro atoms. The number of nitrogens with two attached hydrogens (primary N) is 1. The van der Waals surface area contributed by atoms with Crippen LogP contribution >= 0.6 is 0 Å². The van der Waals surface area contributed by atoms with Gasteiger partial charge in [-0.3, -0.25) is 0 Å². The molecule has 122 valence electrons. The minimum Gasteiger partial charge on any atom is -0.480 e. The molecule has 1 aromatic carbocycles. The Balaban J connectivity index is 1.95. The standard InChI is InChI=1S/C17H18N6O/c1-23-14-9-10(7-8-12(14)21-22-23)11-5-3-4-6-13-15(11)16(24-2)20-17(18)19-13/h5,7-9H,3-4,6H2,1-2H3,(H2,18,19,20). The first-order valence-electron chi connectivity index (χ1n) is 7.88. The van der Waals surface area contributed by atoms with Gasteiger partial charge in [0.15, 0.2) is 0 Å². The van der Waals surface area contributed by atoms with Crippen molar-refractivity contribution in [3.05, 3.63) is 41.1 Å². The van der Waals surface area contributed by atoms with E-state index in [1.54, 1.807) is 11.8 Å². The highest BCUT2D eigenvalue weighted by Crippen LogP contribution is 2.36. The number of allylic oxidation sites excluding steroid dienone is 1. The van der Waals surface area contributed by atoms with Gasteiger partial charge < -0.3 is 10.5 Å². The maximum atomic E-state index is 5.83. The van der Waals surface area contributed by atoms with Crippen LogP contribution in [0.2, 0.25) is 0 Å². The topological polar surface area (TPSA) is 91.7 Å². The zero-order chi connectivity index (χ0) is 16.7. The van der Waals surface area contributed by atoms with E-state index in [1.807, 2.05) is 19.2 Å². The molecule has 0 saturated heterocycles. The normalized spacial score (nSPS) is 14.2. The van der Waals surface area contributed by atoms with E-state index < -0.39 is 0 Å². The summed E-state index contributed by atoms with van der Waals surface area (Å²) >= 11 is 0. The number of benzene rings is 1.